The Kier molecular flexibility index (Phi) is 5.20. The molecule has 0 aliphatic carbocycles. The molecular weight excluding hydrogens is 313 g/mol. The second kappa shape index (κ2) is 7.32. The van der Waals surface area contributed by atoms with E-state index >= 15 is 0 Å². The Bertz CT molecular complexity index is 887. The van der Waals surface area contributed by atoms with Crippen molar-refractivity contribution >= 4 is 17.3 Å². The molecule has 2 heterocycles. The normalized spacial score (nSPS) is 10.1. The number of rotatable bonds is 3. The summed E-state index contributed by atoms with van der Waals surface area (Å²) in [7, 11) is 0. The number of hydrogen-bond acceptors (Lipinski definition) is 4. The molecule has 0 unspecified atom stereocenters. The average molecular weight is 329 g/mol. The number of nitrogens with one attached hydrogen (secondary N) is 1. The highest BCUT2D eigenvalue weighted by Gasteiger charge is 2.15. The number of halogens is 1. The van der Waals surface area contributed by atoms with E-state index < -0.39 is 5.97 Å². The largest absolute Gasteiger partial charge is 0.481 e. The van der Waals surface area contributed by atoms with Gasteiger partial charge in [0.15, 0.2) is 0 Å². The van der Waals surface area contributed by atoms with Crippen LogP contribution in [0.1, 0.15) is 24.0 Å². The van der Waals surface area contributed by atoms with Gasteiger partial charge in [-0.3, -0.25) is 10.2 Å². The number of carboxylic acid groups (broad SMARTS) is 1. The fraction of sp³-hybridized carbons (Fsp3) is 0.125. The van der Waals surface area contributed by atoms with Crippen molar-refractivity contribution in [1.82, 2.24) is 14.6 Å². The van der Waals surface area contributed by atoms with Gasteiger partial charge in [0.2, 0.25) is 0 Å². The van der Waals surface area contributed by atoms with E-state index in [2.05, 4.69) is 10.1 Å². The van der Waals surface area contributed by atoms with Crippen molar-refractivity contribution in [1.29, 1.82) is 5.41 Å². The first-order valence-corrected chi connectivity index (χ1v) is 7.00. The Labute approximate surface area is 137 Å². The number of hydrogen-bond donors (Lipinski definition) is 3. The van der Waals surface area contributed by atoms with Crippen molar-refractivity contribution in [2.75, 3.05) is 0 Å². The van der Waals surface area contributed by atoms with E-state index in [0.717, 1.165) is 6.92 Å². The maximum Gasteiger partial charge on any atom is 0.300 e. The van der Waals surface area contributed by atoms with Crippen LogP contribution in [0.5, 0.6) is 0 Å². The maximum atomic E-state index is 13.7. The quantitative estimate of drug-likeness (QED) is 0.500. The highest BCUT2D eigenvalue weighted by molar-refractivity contribution is 5.99. The molecule has 124 valence electrons. The lowest BCUT2D eigenvalue weighted by Gasteiger charge is -2.01. The van der Waals surface area contributed by atoms with E-state index in [-0.39, 0.29) is 18.1 Å². The van der Waals surface area contributed by atoms with E-state index in [4.69, 9.17) is 21.0 Å². The summed E-state index contributed by atoms with van der Waals surface area (Å²) >= 11 is 0. The minimum absolute atomic E-state index is 0.129. The van der Waals surface area contributed by atoms with Crippen molar-refractivity contribution in [3.05, 3.63) is 65.5 Å². The van der Waals surface area contributed by atoms with E-state index in [0.29, 0.717) is 22.6 Å². The minimum atomic E-state index is -0.833. The molecule has 0 bridgehead atoms. The summed E-state index contributed by atoms with van der Waals surface area (Å²) in [5.74, 6) is -0.698. The van der Waals surface area contributed by atoms with Crippen molar-refractivity contribution in [2.24, 2.45) is 5.73 Å². The number of nitrogens with zero attached hydrogens (tertiary/aromatic N) is 3. The zero-order chi connectivity index (χ0) is 17.7. The Morgan fingerprint density at radius 2 is 2.00 bits per heavy atom. The number of benzene rings is 1. The molecule has 7 nitrogen and oxygen atoms in total. The number of imidazole rings is 1. The van der Waals surface area contributed by atoms with E-state index in [1.165, 1.54) is 6.07 Å². The molecule has 4 N–H and O–H groups in total. The van der Waals surface area contributed by atoms with Gasteiger partial charge in [-0.1, -0.05) is 18.2 Å². The summed E-state index contributed by atoms with van der Waals surface area (Å²) < 4.78 is 15.3. The first kappa shape index (κ1) is 17.1. The Morgan fingerprint density at radius 1 is 1.33 bits per heavy atom. The molecule has 0 saturated heterocycles. The summed E-state index contributed by atoms with van der Waals surface area (Å²) in [6.45, 7) is 1.08. The highest BCUT2D eigenvalue weighted by Crippen LogP contribution is 2.16. The van der Waals surface area contributed by atoms with Crippen molar-refractivity contribution < 1.29 is 14.3 Å². The third-order valence-electron chi connectivity index (χ3n) is 3.04. The molecule has 0 radical (unpaired) electrons. The molecule has 0 fully saturated rings. The molecule has 0 spiro atoms. The van der Waals surface area contributed by atoms with Gasteiger partial charge in [0.1, 0.15) is 23.2 Å². The monoisotopic (exact) mass is 329 g/mol. The fourth-order valence-electron chi connectivity index (χ4n) is 2.12. The summed E-state index contributed by atoms with van der Waals surface area (Å²) in [6.07, 6.45) is 1.90. The van der Waals surface area contributed by atoms with Crippen LogP contribution in [0, 0.1) is 11.2 Å². The number of nitrogen functional groups attached to an aromatic ring is 1. The van der Waals surface area contributed by atoms with Crippen molar-refractivity contribution in [3.8, 4) is 0 Å². The molecule has 0 aliphatic rings. The molecule has 3 aromatic rings. The highest BCUT2D eigenvalue weighted by atomic mass is 19.1. The van der Waals surface area contributed by atoms with E-state index in [9.17, 15) is 4.39 Å². The second-order valence-electron chi connectivity index (χ2n) is 4.90. The van der Waals surface area contributed by atoms with Gasteiger partial charge in [0.25, 0.3) is 5.97 Å². The average Bonchev–Trinajstić information content (AvgIpc) is 2.88. The van der Waals surface area contributed by atoms with Gasteiger partial charge in [0.05, 0.1) is 5.52 Å². The molecular formula is C16H16FN5O2. The summed E-state index contributed by atoms with van der Waals surface area (Å²) in [5, 5.41) is 19.2. The zero-order valence-electron chi connectivity index (χ0n) is 12.9. The van der Waals surface area contributed by atoms with Crippen LogP contribution in [0.15, 0.2) is 42.6 Å². The lowest BCUT2D eigenvalue weighted by molar-refractivity contribution is -0.134. The maximum absolute atomic E-state index is 13.7. The molecule has 0 atom stereocenters. The number of aliphatic carboxylic acids is 1. The Balaban J connectivity index is 0.000000471. The molecule has 1 aromatic carbocycles. The van der Waals surface area contributed by atoms with Crippen LogP contribution < -0.4 is 5.73 Å². The van der Waals surface area contributed by atoms with Crippen LogP contribution in [0.25, 0.3) is 5.52 Å². The number of fused-ring (bicyclic) bond motifs is 1. The van der Waals surface area contributed by atoms with E-state index in [1.54, 1.807) is 41.0 Å². The van der Waals surface area contributed by atoms with Gasteiger partial charge in [-0.15, -0.1) is 0 Å². The van der Waals surface area contributed by atoms with Gasteiger partial charge in [-0.2, -0.15) is 5.10 Å². The minimum Gasteiger partial charge on any atom is -0.481 e. The fourth-order valence-corrected chi connectivity index (χ4v) is 2.12. The third-order valence-corrected chi connectivity index (χ3v) is 3.04. The molecule has 3 rings (SSSR count). The van der Waals surface area contributed by atoms with Crippen LogP contribution in [0.2, 0.25) is 0 Å². The third kappa shape index (κ3) is 3.92. The Hall–Kier alpha value is -3.29. The van der Waals surface area contributed by atoms with Gasteiger partial charge in [-0.25, -0.2) is 13.9 Å². The van der Waals surface area contributed by atoms with Crippen LogP contribution in [-0.2, 0) is 11.2 Å². The lowest BCUT2D eigenvalue weighted by atomic mass is 10.1. The number of carbonyl (C=O) groups is 1. The van der Waals surface area contributed by atoms with Gasteiger partial charge < -0.3 is 10.8 Å². The van der Waals surface area contributed by atoms with Gasteiger partial charge >= 0.3 is 0 Å². The van der Waals surface area contributed by atoms with Gasteiger partial charge in [-0.05, 0) is 23.8 Å². The molecule has 0 aliphatic heterocycles. The summed E-state index contributed by atoms with van der Waals surface area (Å²) in [5.41, 5.74) is 7.06. The first-order valence-electron chi connectivity index (χ1n) is 7.00. The van der Waals surface area contributed by atoms with E-state index in [1.807, 2.05) is 0 Å². The number of carboxylic acids is 1. The van der Waals surface area contributed by atoms with Crippen LogP contribution in [0.3, 0.4) is 0 Å². The van der Waals surface area contributed by atoms with Crippen molar-refractivity contribution in [2.45, 2.75) is 13.3 Å². The van der Waals surface area contributed by atoms with Crippen LogP contribution in [-0.4, -0.2) is 31.5 Å². The van der Waals surface area contributed by atoms with Gasteiger partial charge in [0, 0.05) is 19.5 Å². The summed E-state index contributed by atoms with van der Waals surface area (Å²) in [4.78, 5) is 13.3. The number of aromatic nitrogens is 3. The van der Waals surface area contributed by atoms with Crippen LogP contribution >= 0.6 is 0 Å². The molecule has 0 saturated carbocycles. The summed E-state index contributed by atoms with van der Waals surface area (Å²) in [6, 6.07) is 10.0. The zero-order valence-corrected chi connectivity index (χ0v) is 12.9. The standard InChI is InChI=1S/C14H12FN5.C2H4O2/c15-10-5-2-1-4-9(10)8-12-19-13(14(16)17)11-6-3-7-18-20(11)12;1-2(3)4/h1-7H,8H2,(H3,16,17);1H3,(H,3,4). The molecule has 24 heavy (non-hydrogen) atoms. The first-order chi connectivity index (χ1) is 11.4. The molecule has 8 heteroatoms. The molecule has 0 amide bonds. The van der Waals surface area contributed by atoms with Crippen molar-refractivity contribution in [3.63, 3.8) is 0 Å². The lowest BCUT2D eigenvalue weighted by Crippen LogP contribution is -2.12. The number of nitrogens with two attached hydrogens (primary N) is 1. The smallest absolute Gasteiger partial charge is 0.300 e. The molecule has 2 aromatic heterocycles. The predicted octanol–water partition coefficient (Wildman–Crippen LogP) is 1.83. The topological polar surface area (TPSA) is 117 Å². The Morgan fingerprint density at radius 3 is 2.62 bits per heavy atom. The second-order valence-corrected chi connectivity index (χ2v) is 4.90. The predicted molar refractivity (Wildman–Crippen MR) is 86.5 cm³/mol. The SMILES string of the molecule is CC(=O)O.N=C(N)c1nc(Cc2ccccc2F)n2ncccc12. The van der Waals surface area contributed by atoms with Crippen LogP contribution in [0.4, 0.5) is 4.39 Å². The number of amidine groups is 1.